The van der Waals surface area contributed by atoms with Crippen LogP contribution in [0.25, 0.3) is 10.9 Å². The molecule has 0 amide bonds. The lowest BCUT2D eigenvalue weighted by Gasteiger charge is -2.17. The molecule has 0 saturated carbocycles. The number of ether oxygens (including phenoxy) is 2. The summed E-state index contributed by atoms with van der Waals surface area (Å²) in [6.07, 6.45) is -0.601. The fourth-order valence-electron chi connectivity index (χ4n) is 3.35. The molecule has 172 valence electrons. The minimum Gasteiger partial charge on any atom is -0.497 e. The zero-order valence-corrected chi connectivity index (χ0v) is 18.8. The molecule has 0 aliphatic carbocycles. The van der Waals surface area contributed by atoms with Crippen molar-refractivity contribution < 1.29 is 24.2 Å². The molecular formula is C27H24N2O5. The van der Waals surface area contributed by atoms with Crippen molar-refractivity contribution in [3.8, 4) is 11.5 Å². The zero-order valence-electron chi connectivity index (χ0n) is 18.8. The second kappa shape index (κ2) is 10.5. The van der Waals surface area contributed by atoms with Gasteiger partial charge in [0.2, 0.25) is 0 Å². The van der Waals surface area contributed by atoms with Crippen molar-refractivity contribution in [2.24, 2.45) is 5.16 Å². The van der Waals surface area contributed by atoms with Gasteiger partial charge in [-0.1, -0.05) is 53.7 Å². The second-order valence-electron chi connectivity index (χ2n) is 7.59. The average molecular weight is 456 g/mol. The molecule has 0 aliphatic rings. The number of hydrogen-bond acceptors (Lipinski definition) is 6. The van der Waals surface area contributed by atoms with E-state index >= 15 is 0 Å². The Morgan fingerprint density at radius 3 is 2.21 bits per heavy atom. The third-order valence-corrected chi connectivity index (χ3v) is 5.25. The van der Waals surface area contributed by atoms with E-state index in [9.17, 15) is 4.79 Å². The first kappa shape index (κ1) is 22.8. The molecule has 0 saturated heterocycles. The SMILES string of the molecule is COc1ccc(C(O/N=C(\C)C(=O)O)c2ccc(OCc3ccc4ccccc4n3)cc2)cc1. The van der Waals surface area contributed by atoms with Crippen LogP contribution in [0, 0.1) is 0 Å². The van der Waals surface area contributed by atoms with Crippen LogP contribution in [0.3, 0.4) is 0 Å². The fraction of sp³-hybridized carbons (Fsp3) is 0.148. The minimum atomic E-state index is -1.14. The Morgan fingerprint density at radius 2 is 1.56 bits per heavy atom. The fourth-order valence-corrected chi connectivity index (χ4v) is 3.35. The van der Waals surface area contributed by atoms with Crippen LogP contribution in [0.4, 0.5) is 0 Å². The number of benzene rings is 3. The lowest BCUT2D eigenvalue weighted by molar-refractivity contribution is -0.129. The summed E-state index contributed by atoms with van der Waals surface area (Å²) in [4.78, 5) is 21.4. The van der Waals surface area contributed by atoms with E-state index in [2.05, 4.69) is 10.1 Å². The predicted octanol–water partition coefficient (Wildman–Crippen LogP) is 5.39. The number of para-hydroxylation sites is 1. The number of rotatable bonds is 9. The van der Waals surface area contributed by atoms with Gasteiger partial charge in [-0.15, -0.1) is 0 Å². The number of aromatic nitrogens is 1. The minimum absolute atomic E-state index is 0.138. The second-order valence-corrected chi connectivity index (χ2v) is 7.59. The molecule has 7 nitrogen and oxygen atoms in total. The standard InChI is InChI=1S/C27H24N2O5/c1-18(27(30)31)29-34-26(20-8-13-23(32-2)14-9-20)21-10-15-24(16-11-21)33-17-22-12-7-19-5-3-4-6-25(19)28-22/h3-16,26H,17H2,1-2H3,(H,30,31)/b29-18+. The van der Waals surface area contributed by atoms with Gasteiger partial charge < -0.3 is 19.4 Å². The summed E-state index contributed by atoms with van der Waals surface area (Å²) in [5.74, 6) is 0.246. The van der Waals surface area contributed by atoms with Gasteiger partial charge in [0.05, 0.1) is 18.3 Å². The number of carbonyl (C=O) groups is 1. The molecule has 3 aromatic carbocycles. The highest BCUT2D eigenvalue weighted by molar-refractivity contribution is 6.34. The number of fused-ring (bicyclic) bond motifs is 1. The van der Waals surface area contributed by atoms with E-state index in [0.717, 1.165) is 27.7 Å². The summed E-state index contributed by atoms with van der Waals surface area (Å²) < 4.78 is 11.1. The van der Waals surface area contributed by atoms with Crippen LogP contribution in [0.2, 0.25) is 0 Å². The Morgan fingerprint density at radius 1 is 0.912 bits per heavy atom. The molecule has 1 N–H and O–H groups in total. The lowest BCUT2D eigenvalue weighted by Crippen LogP contribution is -2.11. The van der Waals surface area contributed by atoms with Crippen LogP contribution in [-0.2, 0) is 16.2 Å². The number of hydrogen-bond donors (Lipinski definition) is 1. The summed E-state index contributed by atoms with van der Waals surface area (Å²) in [5.41, 5.74) is 3.22. The maximum Gasteiger partial charge on any atom is 0.353 e. The maximum absolute atomic E-state index is 11.1. The molecule has 7 heteroatoms. The molecule has 4 rings (SSSR count). The van der Waals surface area contributed by atoms with E-state index in [0.29, 0.717) is 18.1 Å². The third-order valence-electron chi connectivity index (χ3n) is 5.25. The normalized spacial score (nSPS) is 12.2. The summed E-state index contributed by atoms with van der Waals surface area (Å²) in [6.45, 7) is 1.72. The molecule has 1 unspecified atom stereocenters. The van der Waals surface area contributed by atoms with Crippen LogP contribution in [-0.4, -0.2) is 28.9 Å². The van der Waals surface area contributed by atoms with Gasteiger partial charge in [0.1, 0.15) is 18.1 Å². The smallest absolute Gasteiger partial charge is 0.353 e. The number of methoxy groups -OCH3 is 1. The van der Waals surface area contributed by atoms with Gasteiger partial charge in [-0.3, -0.25) is 0 Å². The molecule has 1 aromatic heterocycles. The van der Waals surface area contributed by atoms with Gasteiger partial charge in [-0.25, -0.2) is 9.78 Å². The van der Waals surface area contributed by atoms with Gasteiger partial charge >= 0.3 is 5.97 Å². The van der Waals surface area contributed by atoms with Crippen molar-refractivity contribution in [3.05, 3.63) is 102 Å². The largest absolute Gasteiger partial charge is 0.497 e. The summed E-state index contributed by atoms with van der Waals surface area (Å²) in [7, 11) is 1.59. The molecule has 0 spiro atoms. The number of aliphatic carboxylic acids is 1. The predicted molar refractivity (Wildman–Crippen MR) is 129 cm³/mol. The van der Waals surface area contributed by atoms with Gasteiger partial charge in [0.25, 0.3) is 0 Å². The Bertz CT molecular complexity index is 1300. The summed E-state index contributed by atoms with van der Waals surface area (Å²) in [6, 6.07) is 26.7. The van der Waals surface area contributed by atoms with E-state index in [1.165, 1.54) is 6.92 Å². The molecule has 1 heterocycles. The van der Waals surface area contributed by atoms with E-state index in [-0.39, 0.29) is 5.71 Å². The van der Waals surface area contributed by atoms with Crippen molar-refractivity contribution in [2.45, 2.75) is 19.6 Å². The molecular weight excluding hydrogens is 432 g/mol. The summed E-state index contributed by atoms with van der Waals surface area (Å²) in [5, 5.41) is 14.0. The van der Waals surface area contributed by atoms with Crippen LogP contribution >= 0.6 is 0 Å². The first-order chi connectivity index (χ1) is 16.5. The number of oxime groups is 1. The van der Waals surface area contributed by atoms with E-state index < -0.39 is 12.1 Å². The first-order valence-electron chi connectivity index (χ1n) is 10.7. The van der Waals surface area contributed by atoms with Crippen molar-refractivity contribution in [3.63, 3.8) is 0 Å². The van der Waals surface area contributed by atoms with Crippen LogP contribution < -0.4 is 9.47 Å². The van der Waals surface area contributed by atoms with Crippen LogP contribution in [0.5, 0.6) is 11.5 Å². The number of pyridine rings is 1. The average Bonchev–Trinajstić information content (AvgIpc) is 2.88. The molecule has 34 heavy (non-hydrogen) atoms. The number of nitrogens with zero attached hydrogens (tertiary/aromatic N) is 2. The molecule has 0 aliphatic heterocycles. The van der Waals surface area contributed by atoms with E-state index in [4.69, 9.17) is 19.4 Å². The Balaban J connectivity index is 1.51. The first-order valence-corrected chi connectivity index (χ1v) is 10.7. The lowest BCUT2D eigenvalue weighted by atomic mass is 10.0. The molecule has 0 bridgehead atoms. The maximum atomic E-state index is 11.1. The topological polar surface area (TPSA) is 90.2 Å². The zero-order chi connectivity index (χ0) is 23.9. The molecule has 0 radical (unpaired) electrons. The monoisotopic (exact) mass is 456 g/mol. The Hall–Kier alpha value is -4.39. The van der Waals surface area contributed by atoms with Gasteiger partial charge in [0, 0.05) is 5.39 Å². The van der Waals surface area contributed by atoms with Gasteiger partial charge in [0.15, 0.2) is 11.8 Å². The van der Waals surface area contributed by atoms with Crippen molar-refractivity contribution in [1.82, 2.24) is 4.98 Å². The van der Waals surface area contributed by atoms with Gasteiger partial charge in [-0.2, -0.15) is 0 Å². The van der Waals surface area contributed by atoms with E-state index in [1.54, 1.807) is 7.11 Å². The Labute approximate surface area is 197 Å². The Kier molecular flexibility index (Phi) is 7.03. The molecule has 4 aromatic rings. The van der Waals surface area contributed by atoms with E-state index in [1.807, 2.05) is 84.9 Å². The highest BCUT2D eigenvalue weighted by Gasteiger charge is 2.17. The number of carboxylic acid groups (broad SMARTS) is 1. The molecule has 1 atom stereocenters. The van der Waals surface area contributed by atoms with Crippen molar-refractivity contribution in [1.29, 1.82) is 0 Å². The highest BCUT2D eigenvalue weighted by atomic mass is 16.6. The van der Waals surface area contributed by atoms with Crippen molar-refractivity contribution in [2.75, 3.05) is 7.11 Å². The highest BCUT2D eigenvalue weighted by Crippen LogP contribution is 2.29. The third kappa shape index (κ3) is 5.50. The number of carboxylic acids is 1. The summed E-state index contributed by atoms with van der Waals surface area (Å²) >= 11 is 0. The van der Waals surface area contributed by atoms with Crippen LogP contribution in [0.15, 0.2) is 90.1 Å². The molecule has 0 fully saturated rings. The van der Waals surface area contributed by atoms with Gasteiger partial charge in [-0.05, 0) is 54.4 Å². The van der Waals surface area contributed by atoms with Crippen LogP contribution in [0.1, 0.15) is 29.8 Å². The van der Waals surface area contributed by atoms with Crippen molar-refractivity contribution >= 4 is 22.6 Å². The quantitative estimate of drug-likeness (QED) is 0.268.